The summed E-state index contributed by atoms with van der Waals surface area (Å²) in [6.45, 7) is 3.89. The van der Waals surface area contributed by atoms with Crippen molar-refractivity contribution in [2.24, 2.45) is 4.99 Å². The second kappa shape index (κ2) is 10.1. The van der Waals surface area contributed by atoms with Crippen LogP contribution >= 0.6 is 0 Å². The number of methoxy groups -OCH3 is 1. The Kier molecular flexibility index (Phi) is 6.53. The van der Waals surface area contributed by atoms with Crippen LogP contribution in [0.3, 0.4) is 0 Å². The lowest BCUT2D eigenvalue weighted by Crippen LogP contribution is -2.24. The fraction of sp³-hybridized carbons (Fsp3) is 0.321. The monoisotopic (exact) mass is 467 g/mol. The quantitative estimate of drug-likeness (QED) is 0.373. The highest BCUT2D eigenvalue weighted by molar-refractivity contribution is 5.61. The van der Waals surface area contributed by atoms with Gasteiger partial charge in [-0.1, -0.05) is 43.2 Å². The molecule has 5 rings (SSSR count). The molecule has 1 fully saturated rings. The van der Waals surface area contributed by atoms with Gasteiger partial charge in [-0.15, -0.1) is 0 Å². The maximum atomic E-state index is 10.3. The third-order valence-corrected chi connectivity index (χ3v) is 6.61. The molecule has 2 aromatic carbocycles. The normalized spacial score (nSPS) is 18.1. The molecule has 2 aliphatic heterocycles. The van der Waals surface area contributed by atoms with E-state index in [1.807, 2.05) is 67.9 Å². The molecule has 1 atom stereocenters. The molecule has 7 heteroatoms. The summed E-state index contributed by atoms with van der Waals surface area (Å²) in [6.07, 6.45) is 6.62. The fourth-order valence-corrected chi connectivity index (χ4v) is 4.79. The van der Waals surface area contributed by atoms with Crippen molar-refractivity contribution in [3.05, 3.63) is 82.9 Å². The molecule has 35 heavy (non-hydrogen) atoms. The highest BCUT2D eigenvalue weighted by Crippen LogP contribution is 2.46. The minimum absolute atomic E-state index is 0.321. The lowest BCUT2D eigenvalue weighted by molar-refractivity contribution is 0.364. The number of nitriles is 1. The fourth-order valence-electron chi connectivity index (χ4n) is 4.79. The summed E-state index contributed by atoms with van der Waals surface area (Å²) in [5.74, 6) is 1.33. The molecule has 1 saturated heterocycles. The van der Waals surface area contributed by atoms with E-state index in [2.05, 4.69) is 11.0 Å². The molecular formula is C28H29N5O2. The van der Waals surface area contributed by atoms with E-state index in [-0.39, 0.29) is 5.92 Å². The van der Waals surface area contributed by atoms with E-state index in [1.165, 1.54) is 12.8 Å². The molecule has 2 aliphatic rings. The van der Waals surface area contributed by atoms with Crippen molar-refractivity contribution < 1.29 is 9.47 Å². The van der Waals surface area contributed by atoms with Crippen LogP contribution in [0.1, 0.15) is 48.4 Å². The predicted molar refractivity (Wildman–Crippen MR) is 135 cm³/mol. The summed E-state index contributed by atoms with van der Waals surface area (Å²) >= 11 is 0. The molecule has 0 radical (unpaired) electrons. The topological polar surface area (TPSA) is 75.7 Å². The van der Waals surface area contributed by atoms with Crippen LogP contribution in [-0.4, -0.2) is 41.2 Å². The van der Waals surface area contributed by atoms with Crippen LogP contribution in [0.4, 0.5) is 0 Å². The number of ether oxygens (including phenoxy) is 2. The van der Waals surface area contributed by atoms with Crippen molar-refractivity contribution in [3.8, 4) is 23.4 Å². The van der Waals surface area contributed by atoms with E-state index in [1.54, 1.807) is 11.8 Å². The summed E-state index contributed by atoms with van der Waals surface area (Å²) in [6, 6.07) is 20.1. The number of benzene rings is 2. The Balaban J connectivity index is 1.63. The van der Waals surface area contributed by atoms with Crippen molar-refractivity contribution in [1.29, 1.82) is 5.26 Å². The van der Waals surface area contributed by atoms with E-state index in [0.717, 1.165) is 54.2 Å². The van der Waals surface area contributed by atoms with Gasteiger partial charge in [-0.25, -0.2) is 9.67 Å². The lowest BCUT2D eigenvalue weighted by atomic mass is 9.84. The molecule has 7 nitrogen and oxygen atoms in total. The van der Waals surface area contributed by atoms with Gasteiger partial charge in [0.2, 0.25) is 11.8 Å². The minimum Gasteiger partial charge on any atom is -0.497 e. The number of para-hydroxylation sites is 1. The number of aliphatic imine (C=N–C) groups is 1. The highest BCUT2D eigenvalue weighted by atomic mass is 16.5. The minimum atomic E-state index is -0.344. The molecule has 0 spiro atoms. The van der Waals surface area contributed by atoms with Crippen molar-refractivity contribution in [2.75, 3.05) is 20.2 Å². The van der Waals surface area contributed by atoms with Gasteiger partial charge in [-0.2, -0.15) is 10.4 Å². The second-order valence-corrected chi connectivity index (χ2v) is 8.89. The molecule has 1 aromatic heterocycles. The van der Waals surface area contributed by atoms with Gasteiger partial charge in [0.05, 0.1) is 36.3 Å². The van der Waals surface area contributed by atoms with E-state index in [9.17, 15) is 5.26 Å². The Hall–Kier alpha value is -4.05. The highest BCUT2D eigenvalue weighted by Gasteiger charge is 2.37. The van der Waals surface area contributed by atoms with Crippen molar-refractivity contribution >= 4 is 6.34 Å². The molecular weight excluding hydrogens is 438 g/mol. The number of allylic oxidation sites excluding steroid dienone is 1. The third kappa shape index (κ3) is 4.52. The summed E-state index contributed by atoms with van der Waals surface area (Å²) in [4.78, 5) is 6.94. The Morgan fingerprint density at radius 2 is 1.77 bits per heavy atom. The number of nitrogens with zero attached hydrogens (tertiary/aromatic N) is 5. The van der Waals surface area contributed by atoms with Gasteiger partial charge < -0.3 is 14.4 Å². The number of aromatic nitrogens is 2. The van der Waals surface area contributed by atoms with Gasteiger partial charge in [0.25, 0.3) is 0 Å². The molecule has 0 amide bonds. The van der Waals surface area contributed by atoms with Gasteiger partial charge >= 0.3 is 0 Å². The third-order valence-electron chi connectivity index (χ3n) is 6.61. The number of fused-ring (bicyclic) bond motifs is 1. The first-order valence-corrected chi connectivity index (χ1v) is 12.1. The zero-order chi connectivity index (χ0) is 24.2. The van der Waals surface area contributed by atoms with Crippen LogP contribution in [0.5, 0.6) is 11.6 Å². The standard InChI is InChI=1S/C28H29N5O2/c1-20-25-26(21-12-14-23(34-2)15-13-21)24(18-29)27(30-19-32-16-8-3-4-9-17-32)35-28(25)33(31-20)22-10-6-5-7-11-22/h5-7,10-15,19,26H,3-4,8-9,16-17H2,1-2H3. The maximum absolute atomic E-state index is 10.3. The van der Waals surface area contributed by atoms with Crippen LogP contribution in [0.15, 0.2) is 71.0 Å². The van der Waals surface area contributed by atoms with Crippen LogP contribution in [-0.2, 0) is 0 Å². The number of rotatable bonds is 5. The summed E-state index contributed by atoms with van der Waals surface area (Å²) in [5.41, 5.74) is 4.02. The Labute approximate surface area is 205 Å². The van der Waals surface area contributed by atoms with Crippen molar-refractivity contribution in [1.82, 2.24) is 14.7 Å². The van der Waals surface area contributed by atoms with Gasteiger partial charge in [0, 0.05) is 13.1 Å². The number of hydrogen-bond acceptors (Lipinski definition) is 5. The zero-order valence-corrected chi connectivity index (χ0v) is 20.1. The summed E-state index contributed by atoms with van der Waals surface area (Å²) in [7, 11) is 1.64. The number of aryl methyl sites for hydroxylation is 1. The first-order valence-electron chi connectivity index (χ1n) is 12.1. The van der Waals surface area contributed by atoms with Gasteiger partial charge in [0.15, 0.2) is 0 Å². The molecule has 1 unspecified atom stereocenters. The van der Waals surface area contributed by atoms with Gasteiger partial charge in [-0.05, 0) is 49.6 Å². The average Bonchev–Trinajstić information content (AvgIpc) is 3.06. The molecule has 0 aliphatic carbocycles. The predicted octanol–water partition coefficient (Wildman–Crippen LogP) is 5.35. The smallest absolute Gasteiger partial charge is 0.237 e. The van der Waals surface area contributed by atoms with Crippen LogP contribution in [0.25, 0.3) is 5.69 Å². The summed E-state index contributed by atoms with van der Waals surface area (Å²) < 4.78 is 13.5. The Morgan fingerprint density at radius 3 is 2.43 bits per heavy atom. The Bertz CT molecular complexity index is 1280. The van der Waals surface area contributed by atoms with E-state index < -0.39 is 0 Å². The number of hydrogen-bond donors (Lipinski definition) is 0. The Morgan fingerprint density at radius 1 is 1.06 bits per heavy atom. The summed E-state index contributed by atoms with van der Waals surface area (Å²) in [5, 5.41) is 15.1. The van der Waals surface area contributed by atoms with Crippen molar-refractivity contribution in [3.63, 3.8) is 0 Å². The van der Waals surface area contributed by atoms with Gasteiger partial charge in [-0.3, -0.25) is 0 Å². The van der Waals surface area contributed by atoms with Crippen LogP contribution in [0, 0.1) is 18.3 Å². The molecule has 178 valence electrons. The van der Waals surface area contributed by atoms with E-state index in [4.69, 9.17) is 19.6 Å². The van der Waals surface area contributed by atoms with E-state index >= 15 is 0 Å². The molecule has 0 saturated carbocycles. The SMILES string of the molecule is COc1ccc(C2C(C#N)=C(N=CN3CCCCCC3)Oc3c2c(C)nn3-c2ccccc2)cc1. The van der Waals surface area contributed by atoms with E-state index in [0.29, 0.717) is 17.3 Å². The lowest BCUT2D eigenvalue weighted by Gasteiger charge is -2.25. The molecule has 0 N–H and O–H groups in total. The largest absolute Gasteiger partial charge is 0.497 e. The molecule has 0 bridgehead atoms. The first-order chi connectivity index (χ1) is 17.2. The van der Waals surface area contributed by atoms with Crippen molar-refractivity contribution in [2.45, 2.75) is 38.5 Å². The maximum Gasteiger partial charge on any atom is 0.237 e. The molecule has 3 aromatic rings. The van der Waals surface area contributed by atoms with Gasteiger partial charge in [0.1, 0.15) is 17.4 Å². The average molecular weight is 468 g/mol. The second-order valence-electron chi connectivity index (χ2n) is 8.89. The molecule has 3 heterocycles. The first kappa shape index (κ1) is 22.7. The number of likely N-dealkylation sites (tertiary alicyclic amines) is 1. The van der Waals surface area contributed by atoms with Crippen LogP contribution < -0.4 is 9.47 Å². The zero-order valence-electron chi connectivity index (χ0n) is 20.1. The van der Waals surface area contributed by atoms with Crippen LogP contribution in [0.2, 0.25) is 0 Å².